The number of ether oxygens (including phenoxy) is 1. The molecule has 0 atom stereocenters. The number of hydrazone groups is 1. The third kappa shape index (κ3) is 5.90. The summed E-state index contributed by atoms with van der Waals surface area (Å²) in [6.07, 6.45) is -2.99. The Kier molecular flexibility index (Phi) is 8.20. The first-order valence-electron chi connectivity index (χ1n) is 7.77. The Bertz CT molecular complexity index is 957. The molecular formula is C17H11Cl3F5N3OS. The SMILES string of the molecule is C=CCOc1ccccc1/C=N/Nc1nc(Cl)c(Cl)c(SC(F)(F)C(F)(F)F)c1Cl. The Morgan fingerprint density at radius 2 is 1.80 bits per heavy atom. The van der Waals surface area contributed by atoms with Gasteiger partial charge in [-0.1, -0.05) is 59.6 Å². The molecule has 0 radical (unpaired) electrons. The highest BCUT2D eigenvalue weighted by Gasteiger charge is 2.59. The van der Waals surface area contributed by atoms with Crippen molar-refractivity contribution in [2.75, 3.05) is 12.0 Å². The summed E-state index contributed by atoms with van der Waals surface area (Å²) in [5.74, 6) is 0.101. The highest BCUT2D eigenvalue weighted by Crippen LogP contribution is 2.52. The lowest BCUT2D eigenvalue weighted by Gasteiger charge is -2.20. The molecule has 2 aromatic rings. The summed E-state index contributed by atoms with van der Waals surface area (Å²) in [7, 11) is 0. The lowest BCUT2D eigenvalue weighted by molar-refractivity contribution is -0.237. The number of pyridine rings is 1. The van der Waals surface area contributed by atoms with E-state index >= 15 is 0 Å². The zero-order valence-corrected chi connectivity index (χ0v) is 17.7. The Hall–Kier alpha value is -1.75. The van der Waals surface area contributed by atoms with Gasteiger partial charge >= 0.3 is 11.4 Å². The van der Waals surface area contributed by atoms with Crippen molar-refractivity contribution in [3.05, 3.63) is 57.7 Å². The van der Waals surface area contributed by atoms with Crippen molar-refractivity contribution >= 4 is 58.6 Å². The van der Waals surface area contributed by atoms with Gasteiger partial charge in [0.05, 0.1) is 16.1 Å². The molecule has 13 heteroatoms. The van der Waals surface area contributed by atoms with Gasteiger partial charge < -0.3 is 4.74 Å². The molecule has 1 aromatic heterocycles. The molecule has 162 valence electrons. The van der Waals surface area contributed by atoms with Crippen LogP contribution in [-0.2, 0) is 0 Å². The Morgan fingerprint density at radius 1 is 1.13 bits per heavy atom. The molecule has 30 heavy (non-hydrogen) atoms. The van der Waals surface area contributed by atoms with Crippen LogP contribution in [-0.4, -0.2) is 29.2 Å². The lowest BCUT2D eigenvalue weighted by Crippen LogP contribution is -2.32. The van der Waals surface area contributed by atoms with Crippen LogP contribution < -0.4 is 10.2 Å². The van der Waals surface area contributed by atoms with Crippen LogP contribution in [0.3, 0.4) is 0 Å². The van der Waals surface area contributed by atoms with E-state index in [1.54, 1.807) is 30.3 Å². The molecule has 0 aliphatic rings. The summed E-state index contributed by atoms with van der Waals surface area (Å²) in [4.78, 5) is 2.92. The highest BCUT2D eigenvalue weighted by atomic mass is 35.5. The Labute approximate surface area is 187 Å². The zero-order chi connectivity index (χ0) is 22.5. The second kappa shape index (κ2) is 10.0. The predicted molar refractivity (Wildman–Crippen MR) is 109 cm³/mol. The molecule has 0 amide bonds. The number of para-hydroxylation sites is 1. The summed E-state index contributed by atoms with van der Waals surface area (Å²) in [5.41, 5.74) is 2.87. The smallest absolute Gasteiger partial charge is 0.464 e. The van der Waals surface area contributed by atoms with Crippen molar-refractivity contribution in [2.45, 2.75) is 16.3 Å². The van der Waals surface area contributed by atoms with Gasteiger partial charge in [0, 0.05) is 5.56 Å². The number of alkyl halides is 5. The van der Waals surface area contributed by atoms with E-state index in [2.05, 4.69) is 22.1 Å². The number of rotatable bonds is 8. The van der Waals surface area contributed by atoms with Crippen LogP contribution in [0.4, 0.5) is 27.8 Å². The Morgan fingerprint density at radius 3 is 2.43 bits per heavy atom. The van der Waals surface area contributed by atoms with Gasteiger partial charge in [-0.25, -0.2) is 4.98 Å². The van der Waals surface area contributed by atoms with Gasteiger partial charge in [-0.15, -0.1) is 0 Å². The molecule has 0 bridgehead atoms. The minimum atomic E-state index is -5.83. The monoisotopic (exact) mass is 505 g/mol. The average molecular weight is 507 g/mol. The maximum absolute atomic E-state index is 13.4. The highest BCUT2D eigenvalue weighted by molar-refractivity contribution is 8.00. The van der Waals surface area contributed by atoms with Crippen molar-refractivity contribution in [1.29, 1.82) is 0 Å². The number of aromatic nitrogens is 1. The van der Waals surface area contributed by atoms with E-state index < -0.39 is 43.3 Å². The van der Waals surface area contributed by atoms with E-state index in [0.717, 1.165) is 0 Å². The molecule has 0 unspecified atom stereocenters. The fourth-order valence-electron chi connectivity index (χ4n) is 1.87. The quantitative estimate of drug-likeness (QED) is 0.102. The third-order valence-corrected chi connectivity index (χ3v) is 5.64. The molecule has 0 aliphatic heterocycles. The van der Waals surface area contributed by atoms with E-state index in [1.807, 2.05) is 0 Å². The molecule has 4 nitrogen and oxygen atoms in total. The van der Waals surface area contributed by atoms with E-state index in [1.165, 1.54) is 6.21 Å². The van der Waals surface area contributed by atoms with E-state index in [0.29, 0.717) is 11.3 Å². The summed E-state index contributed by atoms with van der Waals surface area (Å²) in [6.45, 7) is 3.78. The largest absolute Gasteiger partial charge is 0.489 e. The molecule has 0 spiro atoms. The average Bonchev–Trinajstić information content (AvgIpc) is 2.67. The topological polar surface area (TPSA) is 46.5 Å². The summed E-state index contributed by atoms with van der Waals surface area (Å²) in [6, 6.07) is 6.77. The second-order valence-electron chi connectivity index (χ2n) is 5.33. The second-order valence-corrected chi connectivity index (χ2v) is 7.57. The molecule has 0 aliphatic carbocycles. The molecular weight excluding hydrogens is 496 g/mol. The van der Waals surface area contributed by atoms with Crippen LogP contribution in [0.2, 0.25) is 15.2 Å². The molecule has 0 saturated heterocycles. The number of nitrogens with zero attached hydrogens (tertiary/aromatic N) is 2. The fraction of sp³-hybridized carbons (Fsp3) is 0.176. The zero-order valence-electron chi connectivity index (χ0n) is 14.6. The van der Waals surface area contributed by atoms with E-state index in [9.17, 15) is 22.0 Å². The van der Waals surface area contributed by atoms with Gasteiger partial charge in [0.1, 0.15) is 17.4 Å². The van der Waals surface area contributed by atoms with Crippen molar-refractivity contribution in [2.24, 2.45) is 5.10 Å². The first kappa shape index (κ1) is 24.5. The lowest BCUT2D eigenvalue weighted by atomic mass is 10.2. The fourth-order valence-corrected chi connectivity index (χ4v) is 3.45. The summed E-state index contributed by atoms with van der Waals surface area (Å²) in [5, 5.41) is -3.09. The standard InChI is InChI=1S/C17H11Cl3F5N3OS/c1-2-7-29-10-6-4-3-5-9(10)8-26-28-15-12(19)13(11(18)14(20)27-15)30-17(24,25)16(21,22)23/h2-6,8H,1,7H2,(H,27,28)/b26-8+. The van der Waals surface area contributed by atoms with Gasteiger partial charge in [-0.2, -0.15) is 27.1 Å². The van der Waals surface area contributed by atoms with Gasteiger partial charge in [0.15, 0.2) is 11.0 Å². The first-order chi connectivity index (χ1) is 14.0. The predicted octanol–water partition coefficient (Wildman–Crippen LogP) is 7.30. The molecule has 1 N–H and O–H groups in total. The number of halogens is 8. The minimum absolute atomic E-state index is 0.243. The van der Waals surface area contributed by atoms with Gasteiger partial charge in [-0.3, -0.25) is 5.43 Å². The van der Waals surface area contributed by atoms with Gasteiger partial charge in [0.2, 0.25) is 0 Å². The van der Waals surface area contributed by atoms with Crippen LogP contribution >= 0.6 is 46.6 Å². The van der Waals surface area contributed by atoms with Gasteiger partial charge in [-0.05, 0) is 23.9 Å². The van der Waals surface area contributed by atoms with Crippen molar-refractivity contribution in [3.63, 3.8) is 0 Å². The van der Waals surface area contributed by atoms with Crippen LogP contribution in [0.25, 0.3) is 0 Å². The first-order valence-corrected chi connectivity index (χ1v) is 9.72. The number of benzene rings is 1. The number of nitrogens with one attached hydrogen (secondary N) is 1. The number of hydrogen-bond acceptors (Lipinski definition) is 5. The molecule has 1 aromatic carbocycles. The normalized spacial score (nSPS) is 12.3. The van der Waals surface area contributed by atoms with Crippen LogP contribution in [0.15, 0.2) is 46.9 Å². The molecule has 0 fully saturated rings. The maximum atomic E-state index is 13.4. The third-order valence-electron chi connectivity index (χ3n) is 3.21. The van der Waals surface area contributed by atoms with Crippen LogP contribution in [0.1, 0.15) is 5.56 Å². The van der Waals surface area contributed by atoms with E-state index in [4.69, 9.17) is 39.5 Å². The number of thioether (sulfide) groups is 1. The number of hydrogen-bond donors (Lipinski definition) is 1. The molecule has 2 rings (SSSR count). The molecule has 0 saturated carbocycles. The molecule has 1 heterocycles. The van der Waals surface area contributed by atoms with Crippen molar-refractivity contribution in [3.8, 4) is 5.75 Å². The van der Waals surface area contributed by atoms with Crippen molar-refractivity contribution < 1.29 is 26.7 Å². The van der Waals surface area contributed by atoms with Crippen LogP contribution in [0, 0.1) is 0 Å². The van der Waals surface area contributed by atoms with E-state index in [-0.39, 0.29) is 12.4 Å². The summed E-state index contributed by atoms with van der Waals surface area (Å²) >= 11 is 16.5. The summed E-state index contributed by atoms with van der Waals surface area (Å²) < 4.78 is 69.9. The number of anilines is 1. The Balaban J connectivity index is 2.31. The maximum Gasteiger partial charge on any atom is 0.464 e. The van der Waals surface area contributed by atoms with Crippen molar-refractivity contribution in [1.82, 2.24) is 4.98 Å². The minimum Gasteiger partial charge on any atom is -0.489 e. The van der Waals surface area contributed by atoms with Gasteiger partial charge in [0.25, 0.3) is 0 Å². The van der Waals surface area contributed by atoms with Crippen LogP contribution in [0.5, 0.6) is 5.75 Å².